The minimum atomic E-state index is -0.699. The van der Waals surface area contributed by atoms with Gasteiger partial charge in [-0.1, -0.05) is 35.9 Å². The lowest BCUT2D eigenvalue weighted by Gasteiger charge is -2.26. The van der Waals surface area contributed by atoms with E-state index in [-0.39, 0.29) is 23.5 Å². The molecule has 7 heteroatoms. The zero-order valence-corrected chi connectivity index (χ0v) is 16.4. The predicted molar refractivity (Wildman–Crippen MR) is 110 cm³/mol. The molecule has 3 atom stereocenters. The Morgan fingerprint density at radius 2 is 2.11 bits per heavy atom. The summed E-state index contributed by atoms with van der Waals surface area (Å²) in [6.07, 6.45) is 1.41. The van der Waals surface area contributed by atoms with Gasteiger partial charge in [0.05, 0.1) is 22.2 Å². The van der Waals surface area contributed by atoms with Crippen LogP contribution >= 0.6 is 11.6 Å². The van der Waals surface area contributed by atoms with Crippen LogP contribution in [0.2, 0.25) is 5.02 Å². The summed E-state index contributed by atoms with van der Waals surface area (Å²) in [6, 6.07) is 10.9. The second-order valence-electron chi connectivity index (χ2n) is 7.52. The van der Waals surface area contributed by atoms with E-state index in [0.717, 1.165) is 28.6 Å². The number of phenols is 1. The highest BCUT2D eigenvalue weighted by molar-refractivity contribution is 6.32. The monoisotopic (exact) mass is 401 g/mol. The normalized spacial score (nSPS) is 20.2. The smallest absolute Gasteiger partial charge is 0.326 e. The average molecular weight is 402 g/mol. The number of phenolic OH excluding ortho intramolecular Hbond substituents is 1. The van der Waals surface area contributed by atoms with Crippen molar-refractivity contribution in [3.8, 4) is 5.75 Å². The summed E-state index contributed by atoms with van der Waals surface area (Å²) in [5.74, 6) is 0.135. The van der Waals surface area contributed by atoms with Crippen LogP contribution in [0.15, 0.2) is 41.2 Å². The van der Waals surface area contributed by atoms with Crippen molar-refractivity contribution < 1.29 is 10.2 Å². The van der Waals surface area contributed by atoms with Gasteiger partial charge in [-0.15, -0.1) is 0 Å². The van der Waals surface area contributed by atoms with Crippen LogP contribution in [0.4, 0.5) is 0 Å². The molecule has 0 amide bonds. The number of aliphatic hydroxyl groups is 1. The fourth-order valence-corrected chi connectivity index (χ4v) is 4.29. The summed E-state index contributed by atoms with van der Waals surface area (Å²) >= 11 is 5.98. The molecule has 6 nitrogen and oxygen atoms in total. The molecule has 4 rings (SSSR count). The van der Waals surface area contributed by atoms with Gasteiger partial charge in [0.15, 0.2) is 0 Å². The third kappa shape index (κ3) is 3.43. The molecule has 148 valence electrons. The number of halogens is 1. The molecule has 1 aliphatic rings. The number of nitrogens with one attached hydrogen (secondary N) is 2. The molecule has 1 aromatic heterocycles. The van der Waals surface area contributed by atoms with Crippen LogP contribution in [0.5, 0.6) is 5.75 Å². The highest BCUT2D eigenvalue weighted by Gasteiger charge is 2.29. The Bertz CT molecular complexity index is 1060. The summed E-state index contributed by atoms with van der Waals surface area (Å²) in [7, 11) is 0. The highest BCUT2D eigenvalue weighted by atomic mass is 35.5. The van der Waals surface area contributed by atoms with Crippen LogP contribution < -0.4 is 11.0 Å². The lowest BCUT2D eigenvalue weighted by Crippen LogP contribution is -2.41. The van der Waals surface area contributed by atoms with Gasteiger partial charge < -0.3 is 20.5 Å². The molecule has 1 aliphatic heterocycles. The molecule has 4 N–H and O–H groups in total. The van der Waals surface area contributed by atoms with Crippen LogP contribution in [0.1, 0.15) is 37.0 Å². The SMILES string of the molecule is CC(CCc1cccc(Cl)c1O)N[C@@H]1CCn2c(=O)[nH]c3cccc(c32)C1O. The minimum absolute atomic E-state index is 0.119. The molecule has 2 heterocycles. The Morgan fingerprint density at radius 3 is 2.93 bits per heavy atom. The number of rotatable bonds is 5. The van der Waals surface area contributed by atoms with Gasteiger partial charge in [-0.05, 0) is 43.9 Å². The van der Waals surface area contributed by atoms with Crippen molar-refractivity contribution in [2.45, 2.75) is 50.9 Å². The van der Waals surface area contributed by atoms with Crippen molar-refractivity contribution in [1.82, 2.24) is 14.9 Å². The van der Waals surface area contributed by atoms with Crippen molar-refractivity contribution in [3.63, 3.8) is 0 Å². The van der Waals surface area contributed by atoms with Crippen LogP contribution in [0, 0.1) is 0 Å². The van der Waals surface area contributed by atoms with E-state index in [4.69, 9.17) is 11.6 Å². The lowest BCUT2D eigenvalue weighted by atomic mass is 9.98. The zero-order chi connectivity index (χ0) is 19.8. The maximum Gasteiger partial charge on any atom is 0.326 e. The lowest BCUT2D eigenvalue weighted by molar-refractivity contribution is 0.119. The molecular weight excluding hydrogens is 378 g/mol. The van der Waals surface area contributed by atoms with E-state index in [1.807, 2.05) is 30.3 Å². The van der Waals surface area contributed by atoms with E-state index >= 15 is 0 Å². The summed E-state index contributed by atoms with van der Waals surface area (Å²) in [6.45, 7) is 2.61. The number of benzene rings is 2. The Morgan fingerprint density at radius 1 is 1.32 bits per heavy atom. The van der Waals surface area contributed by atoms with Crippen molar-refractivity contribution in [3.05, 3.63) is 63.0 Å². The van der Waals surface area contributed by atoms with Crippen LogP contribution in [-0.4, -0.2) is 31.8 Å². The van der Waals surface area contributed by atoms with Crippen molar-refractivity contribution in [2.24, 2.45) is 0 Å². The maximum absolute atomic E-state index is 12.2. The van der Waals surface area contributed by atoms with Crippen molar-refractivity contribution in [1.29, 1.82) is 0 Å². The number of aromatic nitrogens is 2. The van der Waals surface area contributed by atoms with Crippen molar-refractivity contribution in [2.75, 3.05) is 0 Å². The van der Waals surface area contributed by atoms with E-state index in [2.05, 4.69) is 17.2 Å². The van der Waals surface area contributed by atoms with Crippen LogP contribution in [0.3, 0.4) is 0 Å². The average Bonchev–Trinajstić information content (AvgIpc) is 2.93. The molecule has 2 aromatic carbocycles. The third-order valence-corrected chi connectivity index (χ3v) is 5.91. The van der Waals surface area contributed by atoms with E-state index in [0.29, 0.717) is 24.4 Å². The molecule has 0 radical (unpaired) electrons. The molecular formula is C21H24ClN3O3. The van der Waals surface area contributed by atoms with Crippen LogP contribution in [0.25, 0.3) is 11.0 Å². The molecule has 0 fully saturated rings. The number of imidazole rings is 1. The van der Waals surface area contributed by atoms with E-state index in [9.17, 15) is 15.0 Å². The molecule has 2 unspecified atom stereocenters. The Kier molecular flexibility index (Phi) is 5.19. The molecule has 0 saturated heterocycles. The number of nitrogens with zero attached hydrogens (tertiary/aromatic N) is 1. The van der Waals surface area contributed by atoms with Gasteiger partial charge in [-0.2, -0.15) is 0 Å². The molecule has 3 aromatic rings. The minimum Gasteiger partial charge on any atom is -0.506 e. The predicted octanol–water partition coefficient (Wildman–Crippen LogP) is 3.11. The number of hydrogen-bond donors (Lipinski definition) is 4. The number of aliphatic hydroxyl groups excluding tert-OH is 1. The quantitative estimate of drug-likeness (QED) is 0.528. The highest BCUT2D eigenvalue weighted by Crippen LogP contribution is 2.31. The van der Waals surface area contributed by atoms with Gasteiger partial charge in [-0.25, -0.2) is 4.79 Å². The fraction of sp³-hybridized carbons (Fsp3) is 0.381. The third-order valence-electron chi connectivity index (χ3n) is 5.60. The molecule has 0 aliphatic carbocycles. The number of aromatic hydroxyl groups is 1. The van der Waals surface area contributed by atoms with Crippen LogP contribution in [-0.2, 0) is 13.0 Å². The van der Waals surface area contributed by atoms with Gasteiger partial charge in [0.2, 0.25) is 0 Å². The van der Waals surface area contributed by atoms with Gasteiger partial charge >= 0.3 is 5.69 Å². The molecule has 0 spiro atoms. The number of aromatic amines is 1. The Hall–Kier alpha value is -2.28. The Balaban J connectivity index is 1.48. The first-order valence-electron chi connectivity index (χ1n) is 9.57. The number of aryl methyl sites for hydroxylation is 2. The maximum atomic E-state index is 12.2. The molecule has 0 saturated carbocycles. The standard InChI is InChI=1S/C21H24ClN3O3/c1-12(8-9-13-4-2-6-15(22)19(13)26)23-17-10-11-25-18-14(20(17)27)5-3-7-16(18)24-21(25)28/h2-7,12,17,20,23,26-27H,8-11H2,1H3,(H,24,28)/t12?,17-,20?/m1/s1. The molecule has 28 heavy (non-hydrogen) atoms. The van der Waals surface area contributed by atoms with E-state index in [1.54, 1.807) is 10.6 Å². The second kappa shape index (κ2) is 7.62. The first-order valence-corrected chi connectivity index (χ1v) is 9.95. The summed E-state index contributed by atoms with van der Waals surface area (Å²) < 4.78 is 1.71. The largest absolute Gasteiger partial charge is 0.506 e. The summed E-state index contributed by atoms with van der Waals surface area (Å²) in [5, 5.41) is 24.9. The Labute approximate surface area is 167 Å². The number of para-hydroxylation sites is 2. The topological polar surface area (TPSA) is 90.3 Å². The zero-order valence-electron chi connectivity index (χ0n) is 15.7. The van der Waals surface area contributed by atoms with E-state index < -0.39 is 6.10 Å². The van der Waals surface area contributed by atoms with Gasteiger partial charge in [0, 0.05) is 24.2 Å². The van der Waals surface area contributed by atoms with Gasteiger partial charge in [0.25, 0.3) is 0 Å². The number of H-pyrrole nitrogens is 1. The van der Waals surface area contributed by atoms with E-state index in [1.165, 1.54) is 0 Å². The van der Waals surface area contributed by atoms with Gasteiger partial charge in [0.1, 0.15) is 5.75 Å². The summed E-state index contributed by atoms with van der Waals surface area (Å²) in [4.78, 5) is 15.1. The first kappa shape index (κ1) is 19.1. The van der Waals surface area contributed by atoms with Gasteiger partial charge in [-0.3, -0.25) is 4.57 Å². The molecule has 0 bridgehead atoms. The summed E-state index contributed by atoms with van der Waals surface area (Å²) in [5.41, 5.74) is 2.99. The number of hydrogen-bond acceptors (Lipinski definition) is 4. The second-order valence-corrected chi connectivity index (χ2v) is 7.93. The first-order chi connectivity index (χ1) is 13.5. The fourth-order valence-electron chi connectivity index (χ4n) is 4.10. The van der Waals surface area contributed by atoms with Crippen molar-refractivity contribution >= 4 is 22.6 Å².